The smallest absolute Gasteiger partial charge is 0.252 e. The highest BCUT2D eigenvalue weighted by Crippen LogP contribution is 2.27. The highest BCUT2D eigenvalue weighted by Gasteiger charge is 2.27. The molecule has 0 bridgehead atoms. The third kappa shape index (κ3) is 5.11. The van der Waals surface area contributed by atoms with Gasteiger partial charge in [0, 0.05) is 29.0 Å². The molecule has 0 aliphatic carbocycles. The molecule has 5 nitrogen and oxygen atoms in total. The van der Waals surface area contributed by atoms with Crippen LogP contribution in [-0.2, 0) is 28.5 Å². The van der Waals surface area contributed by atoms with Gasteiger partial charge in [-0.1, -0.05) is 51.1 Å². The molecule has 0 aliphatic rings. The Morgan fingerprint density at radius 2 is 1.70 bits per heavy atom. The number of nitrogens with zero attached hydrogens (tertiary/aromatic N) is 1. The van der Waals surface area contributed by atoms with Crippen molar-refractivity contribution < 1.29 is 8.42 Å². The molecule has 1 N–H and O–H groups in total. The van der Waals surface area contributed by atoms with Crippen molar-refractivity contribution >= 4 is 32.3 Å². The topological polar surface area (TPSA) is 70.2 Å². The van der Waals surface area contributed by atoms with Crippen LogP contribution < -0.4 is 5.56 Å². The number of benzene rings is 2. The van der Waals surface area contributed by atoms with Gasteiger partial charge in [0.25, 0.3) is 5.56 Å². The van der Waals surface area contributed by atoms with Crippen LogP contribution in [0.1, 0.15) is 42.3 Å². The molecule has 0 aliphatic heterocycles. The van der Waals surface area contributed by atoms with E-state index in [1.54, 1.807) is 18.2 Å². The zero-order valence-corrected chi connectivity index (χ0v) is 20.9. The second-order valence-electron chi connectivity index (χ2n) is 9.34. The van der Waals surface area contributed by atoms with Gasteiger partial charge in [-0.05, 0) is 64.6 Å². The number of pyridine rings is 1. The van der Waals surface area contributed by atoms with Gasteiger partial charge in [-0.2, -0.15) is 4.31 Å². The number of rotatable bonds is 6. The monoisotopic (exact) mass is 480 g/mol. The quantitative estimate of drug-likeness (QED) is 0.391. The third-order valence-corrected chi connectivity index (χ3v) is 8.36. The van der Waals surface area contributed by atoms with Crippen molar-refractivity contribution in [2.75, 3.05) is 0 Å². The van der Waals surface area contributed by atoms with Crippen LogP contribution in [0.3, 0.4) is 0 Å². The Morgan fingerprint density at radius 3 is 2.33 bits per heavy atom. The second kappa shape index (κ2) is 8.89. The van der Waals surface area contributed by atoms with Crippen molar-refractivity contribution in [1.82, 2.24) is 9.29 Å². The van der Waals surface area contributed by atoms with Gasteiger partial charge in [-0.3, -0.25) is 4.79 Å². The molecule has 0 atom stereocenters. The lowest BCUT2D eigenvalue weighted by atomic mass is 9.87. The second-order valence-corrected chi connectivity index (χ2v) is 12.3. The van der Waals surface area contributed by atoms with E-state index in [0.29, 0.717) is 5.56 Å². The SMILES string of the molecule is Cc1ccc2cc(CN(Cc3cccs3)S(=O)(=O)c3ccc(C(C)(C)C)cc3)c(=O)[nH]c2c1. The fraction of sp³-hybridized carbons (Fsp3) is 0.269. The summed E-state index contributed by atoms with van der Waals surface area (Å²) in [5.74, 6) is 0. The van der Waals surface area contributed by atoms with Crippen molar-refractivity contribution in [3.05, 3.63) is 98.0 Å². The molecule has 0 fully saturated rings. The van der Waals surface area contributed by atoms with E-state index < -0.39 is 10.0 Å². The van der Waals surface area contributed by atoms with Gasteiger partial charge in [0.15, 0.2) is 0 Å². The summed E-state index contributed by atoms with van der Waals surface area (Å²) in [5.41, 5.74) is 2.92. The minimum Gasteiger partial charge on any atom is -0.322 e. The summed E-state index contributed by atoms with van der Waals surface area (Å²) in [7, 11) is -3.83. The number of H-pyrrole nitrogens is 1. The van der Waals surface area contributed by atoms with E-state index in [1.807, 2.05) is 54.8 Å². The van der Waals surface area contributed by atoms with Crippen molar-refractivity contribution in [2.24, 2.45) is 0 Å². The standard InChI is InChI=1S/C26H28N2O3S2/c1-18-7-8-19-15-20(25(29)27-24(19)14-18)16-28(17-22-6-5-13-32-22)33(30,31)23-11-9-21(10-12-23)26(2,3)4/h5-15H,16-17H2,1-4H3,(H,27,29). The van der Waals surface area contributed by atoms with E-state index in [9.17, 15) is 13.2 Å². The predicted molar refractivity (Wildman–Crippen MR) is 135 cm³/mol. The Balaban J connectivity index is 1.74. The van der Waals surface area contributed by atoms with Gasteiger partial charge in [0.1, 0.15) is 0 Å². The molecule has 4 rings (SSSR count). The molecule has 0 amide bonds. The largest absolute Gasteiger partial charge is 0.322 e. The highest BCUT2D eigenvalue weighted by atomic mass is 32.2. The number of thiophene rings is 1. The van der Waals surface area contributed by atoms with E-state index in [2.05, 4.69) is 25.8 Å². The van der Waals surface area contributed by atoms with Crippen LogP contribution in [0.2, 0.25) is 0 Å². The minimum absolute atomic E-state index is 0.0135. The van der Waals surface area contributed by atoms with Crippen LogP contribution in [0, 0.1) is 6.92 Å². The van der Waals surface area contributed by atoms with Crippen LogP contribution in [0.15, 0.2) is 75.7 Å². The average molecular weight is 481 g/mol. The number of nitrogens with one attached hydrogen (secondary N) is 1. The summed E-state index contributed by atoms with van der Waals surface area (Å²) in [6.07, 6.45) is 0. The number of aryl methyl sites for hydroxylation is 1. The maximum absolute atomic E-state index is 13.7. The summed E-state index contributed by atoms with van der Waals surface area (Å²) < 4.78 is 28.7. The molecule has 2 heterocycles. The van der Waals surface area contributed by atoms with Crippen molar-refractivity contribution in [2.45, 2.75) is 51.1 Å². The normalized spacial score (nSPS) is 12.5. The molecular weight excluding hydrogens is 452 g/mol. The molecule has 7 heteroatoms. The minimum atomic E-state index is -3.83. The van der Waals surface area contributed by atoms with E-state index in [4.69, 9.17) is 0 Å². The van der Waals surface area contributed by atoms with Gasteiger partial charge >= 0.3 is 0 Å². The van der Waals surface area contributed by atoms with Gasteiger partial charge in [0.2, 0.25) is 10.0 Å². The average Bonchev–Trinajstić information content (AvgIpc) is 3.26. The molecule has 0 saturated heterocycles. The number of hydrogen-bond acceptors (Lipinski definition) is 4. The van der Waals surface area contributed by atoms with E-state index in [-0.39, 0.29) is 29.0 Å². The molecular formula is C26H28N2O3S2. The maximum atomic E-state index is 13.7. The Labute approximate surface area is 198 Å². The highest BCUT2D eigenvalue weighted by molar-refractivity contribution is 7.89. The molecule has 2 aromatic carbocycles. The summed E-state index contributed by atoms with van der Waals surface area (Å²) in [6.45, 7) is 8.42. The van der Waals surface area contributed by atoms with Crippen LogP contribution in [0.5, 0.6) is 0 Å². The molecule has 4 aromatic rings. The number of fused-ring (bicyclic) bond motifs is 1. The summed E-state index contributed by atoms with van der Waals surface area (Å²) in [5, 5.41) is 2.79. The maximum Gasteiger partial charge on any atom is 0.252 e. The molecule has 2 aromatic heterocycles. The van der Waals surface area contributed by atoms with Crippen LogP contribution in [0.25, 0.3) is 10.9 Å². The Hall–Kier alpha value is -2.74. The molecule has 0 saturated carbocycles. The van der Waals surface area contributed by atoms with Crippen molar-refractivity contribution in [3.8, 4) is 0 Å². The fourth-order valence-corrected chi connectivity index (χ4v) is 5.94. The Bertz CT molecular complexity index is 1430. The van der Waals surface area contributed by atoms with Gasteiger partial charge in [-0.15, -0.1) is 11.3 Å². The first-order chi connectivity index (χ1) is 15.5. The molecule has 33 heavy (non-hydrogen) atoms. The lowest BCUT2D eigenvalue weighted by molar-refractivity contribution is 0.402. The van der Waals surface area contributed by atoms with Crippen LogP contribution in [0.4, 0.5) is 0 Å². The third-order valence-electron chi connectivity index (χ3n) is 5.70. The summed E-state index contributed by atoms with van der Waals surface area (Å²) in [4.78, 5) is 16.9. The first-order valence-corrected chi connectivity index (χ1v) is 13.1. The lowest BCUT2D eigenvalue weighted by Crippen LogP contribution is -2.32. The number of sulfonamides is 1. The molecule has 172 valence electrons. The predicted octanol–water partition coefficient (Wildman–Crippen LogP) is 5.59. The van der Waals surface area contributed by atoms with Crippen molar-refractivity contribution in [3.63, 3.8) is 0 Å². The van der Waals surface area contributed by atoms with Crippen LogP contribution in [-0.4, -0.2) is 17.7 Å². The van der Waals surface area contributed by atoms with Gasteiger partial charge < -0.3 is 4.98 Å². The van der Waals surface area contributed by atoms with Gasteiger partial charge in [0.05, 0.1) is 4.90 Å². The first-order valence-electron chi connectivity index (χ1n) is 10.8. The van der Waals surface area contributed by atoms with E-state index >= 15 is 0 Å². The van der Waals surface area contributed by atoms with E-state index in [1.165, 1.54) is 15.6 Å². The zero-order chi connectivity index (χ0) is 23.8. The number of aromatic nitrogens is 1. The summed E-state index contributed by atoms with van der Waals surface area (Å²) in [6, 6.07) is 18.5. The van der Waals surface area contributed by atoms with E-state index in [0.717, 1.165) is 26.9 Å². The fourth-order valence-electron chi connectivity index (χ4n) is 3.75. The summed E-state index contributed by atoms with van der Waals surface area (Å²) >= 11 is 1.50. The zero-order valence-electron chi connectivity index (χ0n) is 19.3. The first kappa shape index (κ1) is 23.4. The van der Waals surface area contributed by atoms with Gasteiger partial charge in [-0.25, -0.2) is 8.42 Å². The van der Waals surface area contributed by atoms with Crippen LogP contribution >= 0.6 is 11.3 Å². The number of aromatic amines is 1. The lowest BCUT2D eigenvalue weighted by Gasteiger charge is -2.23. The number of hydrogen-bond donors (Lipinski definition) is 1. The van der Waals surface area contributed by atoms with Crippen molar-refractivity contribution in [1.29, 1.82) is 0 Å². The molecule has 0 unspecified atom stereocenters. The molecule has 0 spiro atoms. The Kier molecular flexibility index (Phi) is 6.31. The Morgan fingerprint density at radius 1 is 0.970 bits per heavy atom. The molecule has 0 radical (unpaired) electrons.